The summed E-state index contributed by atoms with van der Waals surface area (Å²) in [5.41, 5.74) is 1.19. The minimum atomic E-state index is -0.722. The zero-order chi connectivity index (χ0) is 10.8. The third kappa shape index (κ3) is 2.08. The molecule has 2 rings (SSSR count). The van der Waals surface area contributed by atoms with Gasteiger partial charge in [-0.25, -0.2) is 4.39 Å². The van der Waals surface area contributed by atoms with Crippen molar-refractivity contribution in [3.05, 3.63) is 57.5 Å². The molecule has 0 aliphatic heterocycles. The van der Waals surface area contributed by atoms with Crippen LogP contribution in [0.1, 0.15) is 22.1 Å². The van der Waals surface area contributed by atoms with Gasteiger partial charge < -0.3 is 5.11 Å². The van der Waals surface area contributed by atoms with E-state index in [9.17, 15) is 9.50 Å². The van der Waals surface area contributed by atoms with Crippen molar-refractivity contribution in [3.63, 3.8) is 0 Å². The monoisotopic (exact) mass is 222 g/mol. The van der Waals surface area contributed by atoms with Crippen molar-refractivity contribution in [2.45, 2.75) is 13.0 Å². The average Bonchev–Trinajstić information content (AvgIpc) is 2.74. The highest BCUT2D eigenvalue weighted by molar-refractivity contribution is 7.10. The molecule has 0 aliphatic carbocycles. The van der Waals surface area contributed by atoms with Crippen molar-refractivity contribution in [2.75, 3.05) is 0 Å². The van der Waals surface area contributed by atoms with E-state index in [1.165, 1.54) is 17.4 Å². The first-order valence-electron chi connectivity index (χ1n) is 4.66. The van der Waals surface area contributed by atoms with Crippen molar-refractivity contribution in [2.24, 2.45) is 0 Å². The summed E-state index contributed by atoms with van der Waals surface area (Å²) in [6.45, 7) is 1.70. The average molecular weight is 222 g/mol. The summed E-state index contributed by atoms with van der Waals surface area (Å²) in [5.74, 6) is -0.275. The van der Waals surface area contributed by atoms with Crippen molar-refractivity contribution in [1.29, 1.82) is 0 Å². The Balaban J connectivity index is 2.34. The molecule has 1 nitrogen and oxygen atoms in total. The van der Waals surface area contributed by atoms with Gasteiger partial charge in [0.15, 0.2) is 0 Å². The number of hydrogen-bond acceptors (Lipinski definition) is 2. The second-order valence-electron chi connectivity index (χ2n) is 3.43. The molecule has 1 N–H and O–H groups in total. The minimum absolute atomic E-state index is 0.275. The van der Waals surface area contributed by atoms with Gasteiger partial charge in [0.25, 0.3) is 0 Å². The van der Waals surface area contributed by atoms with E-state index >= 15 is 0 Å². The Hall–Kier alpha value is -1.19. The van der Waals surface area contributed by atoms with E-state index in [1.807, 2.05) is 17.5 Å². The summed E-state index contributed by atoms with van der Waals surface area (Å²) in [6, 6.07) is 8.53. The predicted molar refractivity (Wildman–Crippen MR) is 59.5 cm³/mol. The van der Waals surface area contributed by atoms with Crippen LogP contribution in [0.5, 0.6) is 0 Å². The lowest BCUT2D eigenvalue weighted by Crippen LogP contribution is -1.98. The van der Waals surface area contributed by atoms with E-state index in [1.54, 1.807) is 19.1 Å². The van der Waals surface area contributed by atoms with Crippen LogP contribution in [0.3, 0.4) is 0 Å². The molecule has 0 aliphatic rings. The van der Waals surface area contributed by atoms with Crippen molar-refractivity contribution < 1.29 is 9.50 Å². The van der Waals surface area contributed by atoms with Crippen LogP contribution in [0.15, 0.2) is 35.7 Å². The molecule has 0 saturated carbocycles. The molecule has 1 atom stereocenters. The number of rotatable bonds is 2. The summed E-state index contributed by atoms with van der Waals surface area (Å²) < 4.78 is 13.3. The quantitative estimate of drug-likeness (QED) is 0.826. The number of aryl methyl sites for hydroxylation is 1. The maximum atomic E-state index is 13.3. The number of hydrogen-bond donors (Lipinski definition) is 1. The highest BCUT2D eigenvalue weighted by atomic mass is 32.1. The van der Waals surface area contributed by atoms with E-state index < -0.39 is 6.10 Å². The van der Waals surface area contributed by atoms with Crippen LogP contribution in [0.4, 0.5) is 4.39 Å². The summed E-state index contributed by atoms with van der Waals surface area (Å²) >= 11 is 1.46. The van der Waals surface area contributed by atoms with Gasteiger partial charge in [-0.3, -0.25) is 0 Å². The van der Waals surface area contributed by atoms with Gasteiger partial charge in [-0.15, -0.1) is 11.3 Å². The lowest BCUT2D eigenvalue weighted by molar-refractivity contribution is 0.223. The number of thiophene rings is 1. The SMILES string of the molecule is Cc1ccc([C@H](O)c2cccs2)cc1F. The Morgan fingerprint density at radius 2 is 2.13 bits per heavy atom. The van der Waals surface area contributed by atoms with Gasteiger partial charge >= 0.3 is 0 Å². The van der Waals surface area contributed by atoms with Gasteiger partial charge in [0.1, 0.15) is 11.9 Å². The topological polar surface area (TPSA) is 20.2 Å². The second-order valence-corrected chi connectivity index (χ2v) is 4.41. The van der Waals surface area contributed by atoms with Gasteiger partial charge in [-0.1, -0.05) is 18.2 Å². The highest BCUT2D eigenvalue weighted by Crippen LogP contribution is 2.26. The standard InChI is InChI=1S/C12H11FOS/c1-8-4-5-9(7-10(8)13)12(14)11-3-2-6-15-11/h2-7,12,14H,1H3/t12-/m0/s1. The molecule has 0 spiro atoms. The Kier molecular flexibility index (Phi) is 2.84. The number of benzene rings is 1. The first-order chi connectivity index (χ1) is 7.18. The molecule has 0 amide bonds. The molecule has 1 aromatic carbocycles. The maximum Gasteiger partial charge on any atom is 0.126 e. The highest BCUT2D eigenvalue weighted by Gasteiger charge is 2.12. The van der Waals surface area contributed by atoms with Crippen LogP contribution >= 0.6 is 11.3 Å². The fourth-order valence-electron chi connectivity index (χ4n) is 1.39. The molecule has 1 aromatic heterocycles. The first-order valence-corrected chi connectivity index (χ1v) is 5.54. The molecule has 2 aromatic rings. The lowest BCUT2D eigenvalue weighted by Gasteiger charge is -2.09. The van der Waals surface area contributed by atoms with Crippen LogP contribution < -0.4 is 0 Å². The third-order valence-electron chi connectivity index (χ3n) is 2.32. The van der Waals surface area contributed by atoms with Crippen LogP contribution in [0, 0.1) is 12.7 Å². The summed E-state index contributed by atoms with van der Waals surface area (Å²) in [4.78, 5) is 0.832. The predicted octanol–water partition coefficient (Wildman–Crippen LogP) is 3.28. The molecule has 0 radical (unpaired) electrons. The van der Waals surface area contributed by atoms with Crippen LogP contribution in [0.25, 0.3) is 0 Å². The van der Waals surface area contributed by atoms with E-state index in [0.717, 1.165) is 4.88 Å². The first kappa shape index (κ1) is 10.3. The molecular weight excluding hydrogens is 211 g/mol. The zero-order valence-electron chi connectivity index (χ0n) is 8.27. The van der Waals surface area contributed by atoms with E-state index in [-0.39, 0.29) is 5.82 Å². The van der Waals surface area contributed by atoms with Crippen LogP contribution in [-0.4, -0.2) is 5.11 Å². The Labute approximate surface area is 91.8 Å². The third-order valence-corrected chi connectivity index (χ3v) is 3.25. The largest absolute Gasteiger partial charge is 0.383 e. The molecule has 0 bridgehead atoms. The van der Waals surface area contributed by atoms with Gasteiger partial charge in [0.05, 0.1) is 0 Å². The fourth-order valence-corrected chi connectivity index (χ4v) is 2.13. The van der Waals surface area contributed by atoms with E-state index in [0.29, 0.717) is 11.1 Å². The van der Waals surface area contributed by atoms with E-state index in [4.69, 9.17) is 0 Å². The summed E-state index contributed by atoms with van der Waals surface area (Å²) in [7, 11) is 0. The zero-order valence-corrected chi connectivity index (χ0v) is 9.09. The van der Waals surface area contributed by atoms with E-state index in [2.05, 4.69) is 0 Å². The van der Waals surface area contributed by atoms with Gasteiger partial charge in [-0.2, -0.15) is 0 Å². The van der Waals surface area contributed by atoms with Crippen LogP contribution in [-0.2, 0) is 0 Å². The van der Waals surface area contributed by atoms with Crippen LogP contribution in [0.2, 0.25) is 0 Å². The molecule has 78 valence electrons. The van der Waals surface area contributed by atoms with Crippen molar-refractivity contribution >= 4 is 11.3 Å². The molecular formula is C12H11FOS. The molecule has 1 heterocycles. The lowest BCUT2D eigenvalue weighted by atomic mass is 10.1. The summed E-state index contributed by atoms with van der Waals surface area (Å²) in [5, 5.41) is 11.8. The van der Waals surface area contributed by atoms with Gasteiger partial charge in [0.2, 0.25) is 0 Å². The maximum absolute atomic E-state index is 13.3. The number of halogens is 1. The summed E-state index contributed by atoms with van der Waals surface area (Å²) in [6.07, 6.45) is -0.722. The van der Waals surface area contributed by atoms with Crippen molar-refractivity contribution in [1.82, 2.24) is 0 Å². The van der Waals surface area contributed by atoms with Crippen molar-refractivity contribution in [3.8, 4) is 0 Å². The van der Waals surface area contributed by atoms with Gasteiger partial charge in [-0.05, 0) is 35.6 Å². The normalized spacial score (nSPS) is 12.7. The van der Waals surface area contributed by atoms with Gasteiger partial charge in [0, 0.05) is 4.88 Å². The number of aliphatic hydroxyl groups excluding tert-OH is 1. The fraction of sp³-hybridized carbons (Fsp3) is 0.167. The Morgan fingerprint density at radius 3 is 2.73 bits per heavy atom. The molecule has 0 saturated heterocycles. The molecule has 15 heavy (non-hydrogen) atoms. The Morgan fingerprint density at radius 1 is 1.33 bits per heavy atom. The smallest absolute Gasteiger partial charge is 0.126 e. The Bertz CT molecular complexity index is 451. The number of aliphatic hydroxyl groups is 1. The second kappa shape index (κ2) is 4.13. The molecule has 3 heteroatoms. The molecule has 0 unspecified atom stereocenters. The minimum Gasteiger partial charge on any atom is -0.383 e. The molecule has 0 fully saturated rings.